The van der Waals surface area contributed by atoms with Gasteiger partial charge in [0.1, 0.15) is 0 Å². The van der Waals surface area contributed by atoms with Gasteiger partial charge in [0.2, 0.25) is 0 Å². The molecule has 3 nitrogen and oxygen atoms in total. The summed E-state index contributed by atoms with van der Waals surface area (Å²) in [6.07, 6.45) is 0. The molecule has 0 atom stereocenters. The maximum absolute atomic E-state index is 12.1. The molecule has 2 aromatic carbocycles. The molecule has 0 saturated heterocycles. The van der Waals surface area contributed by atoms with Crippen LogP contribution in [0.25, 0.3) is 10.8 Å². The van der Waals surface area contributed by atoms with Crippen LogP contribution in [0.4, 0.5) is 0 Å². The Kier molecular flexibility index (Phi) is 2.19. The van der Waals surface area contributed by atoms with Gasteiger partial charge in [-0.15, -0.1) is 0 Å². The van der Waals surface area contributed by atoms with E-state index in [9.17, 15) is 9.59 Å². The molecule has 0 bridgehead atoms. The summed E-state index contributed by atoms with van der Waals surface area (Å²) in [7, 11) is 0. The molecule has 1 heterocycles. The predicted octanol–water partition coefficient (Wildman–Crippen LogP) is 2.32. The first kappa shape index (κ1) is 10.4. The maximum atomic E-state index is 12.1. The van der Waals surface area contributed by atoms with Crippen molar-refractivity contribution in [1.29, 1.82) is 0 Å². The van der Waals surface area contributed by atoms with Gasteiger partial charge in [-0.25, -0.2) is 0 Å². The molecule has 84 valence electrons. The van der Waals surface area contributed by atoms with E-state index in [0.29, 0.717) is 11.1 Å². The molecule has 1 aliphatic heterocycles. The van der Waals surface area contributed by atoms with Crippen LogP contribution in [0.2, 0.25) is 0 Å². The van der Waals surface area contributed by atoms with E-state index in [4.69, 9.17) is 0 Å². The Hall–Kier alpha value is -1.81. The number of nitrogens with zero attached hydrogens (tertiary/aromatic N) is 1. The van der Waals surface area contributed by atoms with Gasteiger partial charge in [0.25, 0.3) is 11.8 Å². The van der Waals surface area contributed by atoms with Gasteiger partial charge in [-0.2, -0.15) is 12.6 Å². The van der Waals surface area contributed by atoms with Crippen LogP contribution in [0, 0.1) is 0 Å². The highest BCUT2D eigenvalue weighted by atomic mass is 32.1. The van der Waals surface area contributed by atoms with Crippen LogP contribution in [-0.2, 0) is 0 Å². The van der Waals surface area contributed by atoms with Crippen LogP contribution in [0.3, 0.4) is 0 Å². The second-order valence-electron chi connectivity index (χ2n) is 3.89. The Labute approximate surface area is 103 Å². The van der Waals surface area contributed by atoms with E-state index in [1.165, 1.54) is 0 Å². The lowest BCUT2D eigenvalue weighted by Gasteiger charge is -2.25. The second-order valence-corrected chi connectivity index (χ2v) is 4.17. The monoisotopic (exact) mass is 243 g/mol. The topological polar surface area (TPSA) is 37.4 Å². The normalized spacial score (nSPS) is 14.5. The average Bonchev–Trinajstić information content (AvgIpc) is 2.36. The molecular formula is C13H9NO2S. The van der Waals surface area contributed by atoms with Gasteiger partial charge in [0.05, 0.1) is 5.88 Å². The quantitative estimate of drug-likeness (QED) is 0.616. The number of carbonyl (C=O) groups excluding carboxylic acids is 2. The number of amides is 2. The van der Waals surface area contributed by atoms with Crippen molar-refractivity contribution in [2.24, 2.45) is 0 Å². The van der Waals surface area contributed by atoms with Gasteiger partial charge in [-0.1, -0.05) is 24.3 Å². The first-order valence-corrected chi connectivity index (χ1v) is 5.86. The molecule has 0 unspecified atom stereocenters. The largest absolute Gasteiger partial charge is 0.269 e. The zero-order valence-corrected chi connectivity index (χ0v) is 9.78. The number of imide groups is 1. The van der Waals surface area contributed by atoms with Crippen molar-refractivity contribution >= 4 is 35.2 Å². The molecule has 0 fully saturated rings. The molecule has 1 aliphatic rings. The van der Waals surface area contributed by atoms with Crippen molar-refractivity contribution in [2.75, 3.05) is 5.88 Å². The zero-order chi connectivity index (χ0) is 12.0. The highest BCUT2D eigenvalue weighted by Gasteiger charge is 2.31. The third-order valence-electron chi connectivity index (χ3n) is 3.00. The van der Waals surface area contributed by atoms with Crippen molar-refractivity contribution in [3.05, 3.63) is 47.5 Å². The lowest BCUT2D eigenvalue weighted by molar-refractivity contribution is 0.0642. The standard InChI is InChI=1S/C13H9NO2S/c15-12-9-5-1-3-8-4-2-6-10(11(8)9)13(16)14(12)7-17/h1-6,17H,7H2. The molecule has 2 aromatic rings. The number of hydrogen-bond donors (Lipinski definition) is 1. The van der Waals surface area contributed by atoms with Crippen molar-refractivity contribution in [2.45, 2.75) is 0 Å². The number of hydrogen-bond acceptors (Lipinski definition) is 3. The minimum absolute atomic E-state index is 0.0996. The Bertz CT molecular complexity index is 600. The van der Waals surface area contributed by atoms with Crippen LogP contribution in [0.15, 0.2) is 36.4 Å². The first-order valence-electron chi connectivity index (χ1n) is 5.23. The van der Waals surface area contributed by atoms with E-state index in [2.05, 4.69) is 12.6 Å². The predicted molar refractivity (Wildman–Crippen MR) is 68.3 cm³/mol. The van der Waals surface area contributed by atoms with Crippen molar-refractivity contribution < 1.29 is 9.59 Å². The summed E-state index contributed by atoms with van der Waals surface area (Å²) in [4.78, 5) is 25.4. The molecule has 0 aromatic heterocycles. The molecule has 0 aliphatic carbocycles. The Morgan fingerprint density at radius 3 is 1.94 bits per heavy atom. The number of thiol groups is 1. The van der Waals surface area contributed by atoms with E-state index in [-0.39, 0.29) is 17.7 Å². The van der Waals surface area contributed by atoms with Crippen molar-refractivity contribution in [3.8, 4) is 0 Å². The third-order valence-corrected chi connectivity index (χ3v) is 3.28. The molecule has 0 spiro atoms. The smallest absolute Gasteiger partial charge is 0.262 e. The highest BCUT2D eigenvalue weighted by molar-refractivity contribution is 7.80. The highest BCUT2D eigenvalue weighted by Crippen LogP contribution is 2.29. The van der Waals surface area contributed by atoms with Gasteiger partial charge in [0.15, 0.2) is 0 Å². The Balaban J connectivity index is 2.43. The number of rotatable bonds is 1. The summed E-state index contributed by atoms with van der Waals surface area (Å²) < 4.78 is 0. The summed E-state index contributed by atoms with van der Waals surface area (Å²) in [6, 6.07) is 10.9. The van der Waals surface area contributed by atoms with E-state index < -0.39 is 0 Å². The van der Waals surface area contributed by atoms with Crippen LogP contribution < -0.4 is 0 Å². The summed E-state index contributed by atoms with van der Waals surface area (Å²) >= 11 is 4.04. The minimum atomic E-state index is -0.269. The lowest BCUT2D eigenvalue weighted by Crippen LogP contribution is -2.39. The van der Waals surface area contributed by atoms with Crippen LogP contribution in [0.1, 0.15) is 20.7 Å². The van der Waals surface area contributed by atoms with Crippen molar-refractivity contribution in [3.63, 3.8) is 0 Å². The van der Waals surface area contributed by atoms with E-state index in [1.54, 1.807) is 12.1 Å². The number of benzene rings is 2. The van der Waals surface area contributed by atoms with Gasteiger partial charge in [-0.3, -0.25) is 14.5 Å². The summed E-state index contributed by atoms with van der Waals surface area (Å²) in [6.45, 7) is 0. The molecule has 2 amide bonds. The van der Waals surface area contributed by atoms with Crippen LogP contribution in [0.5, 0.6) is 0 Å². The number of carbonyl (C=O) groups is 2. The summed E-state index contributed by atoms with van der Waals surface area (Å²) in [5, 5.41) is 1.67. The fourth-order valence-electron chi connectivity index (χ4n) is 2.21. The third kappa shape index (κ3) is 1.31. The molecule has 0 radical (unpaired) electrons. The maximum Gasteiger partial charge on any atom is 0.262 e. The molecule has 3 rings (SSSR count). The molecular weight excluding hydrogens is 234 g/mol. The van der Waals surface area contributed by atoms with Gasteiger partial charge < -0.3 is 0 Å². The Morgan fingerprint density at radius 2 is 1.47 bits per heavy atom. The fourth-order valence-corrected chi connectivity index (χ4v) is 2.47. The molecule has 4 heteroatoms. The van der Waals surface area contributed by atoms with E-state index in [1.807, 2.05) is 24.3 Å². The van der Waals surface area contributed by atoms with Crippen LogP contribution in [-0.4, -0.2) is 22.6 Å². The summed E-state index contributed by atoms with van der Waals surface area (Å²) in [5.41, 5.74) is 1.15. The van der Waals surface area contributed by atoms with Gasteiger partial charge >= 0.3 is 0 Å². The first-order chi connectivity index (χ1) is 8.24. The molecule has 0 N–H and O–H groups in total. The average molecular weight is 243 g/mol. The fraction of sp³-hybridized carbons (Fsp3) is 0.0769. The minimum Gasteiger partial charge on any atom is -0.269 e. The van der Waals surface area contributed by atoms with E-state index in [0.717, 1.165) is 15.7 Å². The Morgan fingerprint density at radius 1 is 0.941 bits per heavy atom. The summed E-state index contributed by atoms with van der Waals surface area (Å²) in [5.74, 6) is -0.439. The molecule has 17 heavy (non-hydrogen) atoms. The second kappa shape index (κ2) is 3.60. The van der Waals surface area contributed by atoms with Crippen molar-refractivity contribution in [1.82, 2.24) is 4.90 Å². The zero-order valence-electron chi connectivity index (χ0n) is 8.88. The SMILES string of the molecule is O=C1c2cccc3cccc(c23)C(=O)N1CS. The van der Waals surface area contributed by atoms with Gasteiger partial charge in [0, 0.05) is 16.5 Å². The van der Waals surface area contributed by atoms with Crippen LogP contribution >= 0.6 is 12.6 Å². The molecule has 0 saturated carbocycles. The van der Waals surface area contributed by atoms with Gasteiger partial charge in [-0.05, 0) is 17.5 Å². The van der Waals surface area contributed by atoms with E-state index >= 15 is 0 Å². The lowest BCUT2D eigenvalue weighted by atomic mass is 9.94.